The van der Waals surface area contributed by atoms with E-state index in [1.54, 1.807) is 0 Å². The van der Waals surface area contributed by atoms with Crippen LogP contribution in [0.2, 0.25) is 0 Å². The number of rotatable bonds is 8. The van der Waals surface area contributed by atoms with E-state index in [9.17, 15) is 4.79 Å². The van der Waals surface area contributed by atoms with Crippen molar-refractivity contribution in [3.8, 4) is 0 Å². The van der Waals surface area contributed by atoms with Crippen LogP contribution in [0.25, 0.3) is 0 Å². The van der Waals surface area contributed by atoms with Crippen LogP contribution in [0.4, 0.5) is 0 Å². The molecule has 0 saturated heterocycles. The monoisotopic (exact) mass is 202 g/mol. The number of carboxylic acid groups (broad SMARTS) is 1. The molecule has 0 aromatic carbocycles. The maximum atomic E-state index is 11.0. The first-order valence-corrected chi connectivity index (χ1v) is 5.34. The molecule has 1 atom stereocenters. The first-order chi connectivity index (χ1) is 6.67. The van der Waals surface area contributed by atoms with Gasteiger partial charge in [-0.2, -0.15) is 0 Å². The van der Waals surface area contributed by atoms with E-state index in [-0.39, 0.29) is 0 Å². The van der Waals surface area contributed by atoms with Crippen LogP contribution in [0.15, 0.2) is 0 Å². The average molecular weight is 202 g/mol. The van der Waals surface area contributed by atoms with Gasteiger partial charge in [-0.1, -0.05) is 20.3 Å². The molecule has 0 bridgehead atoms. The van der Waals surface area contributed by atoms with Gasteiger partial charge in [0.1, 0.15) is 6.04 Å². The number of nitrogens with zero attached hydrogens (tertiary/aromatic N) is 1. The summed E-state index contributed by atoms with van der Waals surface area (Å²) < 4.78 is 0. The molecular weight excluding hydrogens is 180 g/mol. The molecule has 0 aliphatic heterocycles. The van der Waals surface area contributed by atoms with Crippen molar-refractivity contribution in [2.24, 2.45) is 5.73 Å². The number of carboxylic acids is 1. The fourth-order valence-corrected chi connectivity index (χ4v) is 1.52. The second-order valence-corrected chi connectivity index (χ2v) is 3.41. The normalized spacial score (nSPS) is 13.1. The third-order valence-electron chi connectivity index (χ3n) is 2.37. The number of likely N-dealkylation sites (N-methyl/N-ethyl adjacent to an activating group) is 1. The zero-order valence-electron chi connectivity index (χ0n) is 9.20. The van der Waals surface area contributed by atoms with Crippen molar-refractivity contribution >= 4 is 5.97 Å². The lowest BCUT2D eigenvalue weighted by Gasteiger charge is -2.27. The van der Waals surface area contributed by atoms with E-state index in [1.165, 1.54) is 0 Å². The van der Waals surface area contributed by atoms with E-state index in [0.29, 0.717) is 13.0 Å². The van der Waals surface area contributed by atoms with E-state index >= 15 is 0 Å². The van der Waals surface area contributed by atoms with E-state index < -0.39 is 12.0 Å². The highest BCUT2D eigenvalue weighted by atomic mass is 16.4. The molecule has 0 amide bonds. The summed E-state index contributed by atoms with van der Waals surface area (Å²) >= 11 is 0. The molecule has 3 N–H and O–H groups in total. The van der Waals surface area contributed by atoms with Gasteiger partial charge in [0.05, 0.1) is 0 Å². The third-order valence-corrected chi connectivity index (χ3v) is 2.37. The Labute approximate surface area is 86.1 Å². The molecule has 0 aliphatic carbocycles. The lowest BCUT2D eigenvalue weighted by Crippen LogP contribution is -2.42. The minimum absolute atomic E-state index is 0.406. The third kappa shape index (κ3) is 4.58. The average Bonchev–Trinajstić information content (AvgIpc) is 2.17. The van der Waals surface area contributed by atoms with Crippen molar-refractivity contribution in [3.63, 3.8) is 0 Å². The Bertz CT molecular complexity index is 162. The number of hydrogen-bond acceptors (Lipinski definition) is 3. The van der Waals surface area contributed by atoms with Crippen molar-refractivity contribution in [1.82, 2.24) is 4.90 Å². The van der Waals surface area contributed by atoms with Gasteiger partial charge in [0.25, 0.3) is 0 Å². The second kappa shape index (κ2) is 7.76. The Morgan fingerprint density at radius 3 is 2.50 bits per heavy atom. The summed E-state index contributed by atoms with van der Waals surface area (Å²) in [7, 11) is 0. The minimum Gasteiger partial charge on any atom is -0.480 e. The lowest BCUT2D eigenvalue weighted by molar-refractivity contribution is -0.143. The highest BCUT2D eigenvalue weighted by molar-refractivity contribution is 5.73. The molecule has 0 aromatic heterocycles. The second-order valence-electron chi connectivity index (χ2n) is 3.41. The fourth-order valence-electron chi connectivity index (χ4n) is 1.52. The van der Waals surface area contributed by atoms with Crippen LogP contribution in [-0.4, -0.2) is 41.7 Å². The first kappa shape index (κ1) is 13.4. The highest BCUT2D eigenvalue weighted by Crippen LogP contribution is 2.06. The molecule has 0 rings (SSSR count). The van der Waals surface area contributed by atoms with Crippen LogP contribution in [-0.2, 0) is 4.79 Å². The summed E-state index contributed by atoms with van der Waals surface area (Å²) in [4.78, 5) is 12.9. The maximum absolute atomic E-state index is 11.0. The molecular formula is C10H22N2O2. The molecule has 0 fully saturated rings. The Morgan fingerprint density at radius 2 is 2.14 bits per heavy atom. The van der Waals surface area contributed by atoms with Crippen LogP contribution in [0.3, 0.4) is 0 Å². The predicted octanol–water partition coefficient (Wildman–Crippen LogP) is 0.910. The molecule has 0 heterocycles. The van der Waals surface area contributed by atoms with Gasteiger partial charge in [-0.15, -0.1) is 0 Å². The van der Waals surface area contributed by atoms with Gasteiger partial charge in [0, 0.05) is 0 Å². The van der Waals surface area contributed by atoms with E-state index in [2.05, 4.69) is 6.92 Å². The van der Waals surface area contributed by atoms with Crippen LogP contribution >= 0.6 is 0 Å². The summed E-state index contributed by atoms with van der Waals surface area (Å²) in [5.74, 6) is -0.756. The SMILES string of the molecule is CCCCN(CC)C(CCN)C(=O)O. The van der Waals surface area contributed by atoms with Gasteiger partial charge < -0.3 is 10.8 Å². The van der Waals surface area contributed by atoms with Crippen LogP contribution in [0.5, 0.6) is 0 Å². The minimum atomic E-state index is -0.756. The zero-order valence-corrected chi connectivity index (χ0v) is 9.20. The molecule has 0 aromatic rings. The van der Waals surface area contributed by atoms with Gasteiger partial charge in [-0.05, 0) is 32.5 Å². The fraction of sp³-hybridized carbons (Fsp3) is 0.900. The Kier molecular flexibility index (Phi) is 7.42. The Hall–Kier alpha value is -0.610. The van der Waals surface area contributed by atoms with E-state index in [0.717, 1.165) is 25.9 Å². The van der Waals surface area contributed by atoms with E-state index in [1.807, 2.05) is 11.8 Å². The number of nitrogens with two attached hydrogens (primary N) is 1. The molecule has 0 radical (unpaired) electrons. The van der Waals surface area contributed by atoms with Gasteiger partial charge in [-0.25, -0.2) is 0 Å². The first-order valence-electron chi connectivity index (χ1n) is 5.34. The lowest BCUT2D eigenvalue weighted by atomic mass is 10.1. The number of hydrogen-bond donors (Lipinski definition) is 2. The van der Waals surface area contributed by atoms with Crippen LogP contribution in [0.1, 0.15) is 33.1 Å². The largest absolute Gasteiger partial charge is 0.480 e. The van der Waals surface area contributed by atoms with Gasteiger partial charge in [-0.3, -0.25) is 9.69 Å². The van der Waals surface area contributed by atoms with Gasteiger partial charge in [0.15, 0.2) is 0 Å². The van der Waals surface area contributed by atoms with Gasteiger partial charge >= 0.3 is 5.97 Å². The Balaban J connectivity index is 4.18. The topological polar surface area (TPSA) is 66.6 Å². The Morgan fingerprint density at radius 1 is 1.50 bits per heavy atom. The highest BCUT2D eigenvalue weighted by Gasteiger charge is 2.22. The summed E-state index contributed by atoms with van der Waals surface area (Å²) in [5, 5.41) is 9.01. The van der Waals surface area contributed by atoms with E-state index in [4.69, 9.17) is 10.8 Å². The summed E-state index contributed by atoms with van der Waals surface area (Å²) in [5.41, 5.74) is 5.40. The van der Waals surface area contributed by atoms with Crippen molar-refractivity contribution in [3.05, 3.63) is 0 Å². The smallest absolute Gasteiger partial charge is 0.320 e. The van der Waals surface area contributed by atoms with Crippen LogP contribution < -0.4 is 5.73 Å². The predicted molar refractivity (Wildman–Crippen MR) is 57.3 cm³/mol. The zero-order chi connectivity index (χ0) is 11.0. The van der Waals surface area contributed by atoms with Crippen molar-refractivity contribution in [2.45, 2.75) is 39.2 Å². The molecule has 84 valence electrons. The van der Waals surface area contributed by atoms with Crippen molar-refractivity contribution in [2.75, 3.05) is 19.6 Å². The van der Waals surface area contributed by atoms with Crippen molar-refractivity contribution in [1.29, 1.82) is 0 Å². The standard InChI is InChI=1S/C10H22N2O2/c1-3-5-8-12(4-2)9(6-7-11)10(13)14/h9H,3-8,11H2,1-2H3,(H,13,14). The molecule has 4 nitrogen and oxygen atoms in total. The van der Waals surface area contributed by atoms with Crippen molar-refractivity contribution < 1.29 is 9.90 Å². The number of carbonyl (C=O) groups is 1. The molecule has 4 heteroatoms. The summed E-state index contributed by atoms with van der Waals surface area (Å²) in [6, 6.07) is -0.406. The molecule has 0 aliphatic rings. The molecule has 1 unspecified atom stereocenters. The summed E-state index contributed by atoms with van der Waals surface area (Å²) in [6.07, 6.45) is 2.67. The number of aliphatic carboxylic acids is 1. The maximum Gasteiger partial charge on any atom is 0.320 e. The van der Waals surface area contributed by atoms with Crippen LogP contribution in [0, 0.1) is 0 Å². The summed E-state index contributed by atoms with van der Waals surface area (Å²) in [6.45, 7) is 6.15. The quantitative estimate of drug-likeness (QED) is 0.614. The molecule has 0 spiro atoms. The molecule has 14 heavy (non-hydrogen) atoms. The molecule has 0 saturated carbocycles. The van der Waals surface area contributed by atoms with Gasteiger partial charge in [0.2, 0.25) is 0 Å². The number of unbranched alkanes of at least 4 members (excludes halogenated alkanes) is 1.